The van der Waals surface area contributed by atoms with Crippen LogP contribution in [-0.2, 0) is 0 Å². The normalized spacial score (nSPS) is 21.4. The number of hydrogen-bond donors (Lipinski definition) is 1. The molecule has 0 saturated heterocycles. The summed E-state index contributed by atoms with van der Waals surface area (Å²) < 4.78 is 0.994. The third-order valence-corrected chi connectivity index (χ3v) is 4.53. The summed E-state index contributed by atoms with van der Waals surface area (Å²) in [7, 11) is 0. The second-order valence-corrected chi connectivity index (χ2v) is 8.51. The minimum absolute atomic E-state index is 0.0380. The monoisotopic (exact) mass is 337 g/mol. The Morgan fingerprint density at radius 1 is 1.10 bits per heavy atom. The average molecular weight is 338 g/mol. The molecule has 3 heteroatoms. The van der Waals surface area contributed by atoms with Crippen LogP contribution in [0.1, 0.15) is 57.3 Å². The quantitative estimate of drug-likeness (QED) is 0.826. The van der Waals surface area contributed by atoms with Gasteiger partial charge in [-0.25, -0.2) is 0 Å². The van der Waals surface area contributed by atoms with Gasteiger partial charge in [-0.2, -0.15) is 0 Å². The van der Waals surface area contributed by atoms with E-state index < -0.39 is 0 Å². The molecule has 1 saturated carbocycles. The van der Waals surface area contributed by atoms with Crippen LogP contribution in [0, 0.1) is 10.8 Å². The molecule has 1 aromatic rings. The first-order chi connectivity index (χ1) is 9.17. The van der Waals surface area contributed by atoms with Crippen molar-refractivity contribution >= 4 is 21.8 Å². The second-order valence-electron chi connectivity index (χ2n) is 7.59. The first kappa shape index (κ1) is 15.6. The third-order valence-electron chi connectivity index (χ3n) is 4.00. The molecule has 1 amide bonds. The van der Waals surface area contributed by atoms with Crippen LogP contribution in [-0.4, -0.2) is 11.9 Å². The van der Waals surface area contributed by atoms with E-state index in [0.29, 0.717) is 10.8 Å². The fourth-order valence-electron chi connectivity index (χ4n) is 3.82. The molecule has 1 aliphatic rings. The molecule has 1 aromatic carbocycles. The van der Waals surface area contributed by atoms with Crippen molar-refractivity contribution in [1.29, 1.82) is 0 Å². The summed E-state index contributed by atoms with van der Waals surface area (Å²) in [5, 5.41) is 3.21. The van der Waals surface area contributed by atoms with Gasteiger partial charge in [0, 0.05) is 16.1 Å². The molecular weight excluding hydrogens is 314 g/mol. The minimum atomic E-state index is 0.0380. The lowest BCUT2D eigenvalue weighted by atomic mass is 9.63. The first-order valence-corrected chi connectivity index (χ1v) is 8.03. The smallest absolute Gasteiger partial charge is 0.251 e. The molecule has 1 N–H and O–H groups in total. The van der Waals surface area contributed by atoms with Gasteiger partial charge in [-0.05, 0) is 54.4 Å². The summed E-state index contributed by atoms with van der Waals surface area (Å²) >= 11 is 3.39. The highest BCUT2D eigenvalue weighted by Crippen LogP contribution is 2.45. The minimum Gasteiger partial charge on any atom is -0.349 e. The molecule has 0 spiro atoms. The van der Waals surface area contributed by atoms with Crippen molar-refractivity contribution in [3.05, 3.63) is 34.3 Å². The van der Waals surface area contributed by atoms with Gasteiger partial charge >= 0.3 is 0 Å². The van der Waals surface area contributed by atoms with Crippen molar-refractivity contribution in [2.45, 2.75) is 53.0 Å². The maximum Gasteiger partial charge on any atom is 0.251 e. The standard InChI is InChI=1S/C17H24BrNO/c1-16(2)9-14(10-17(3,4)11-16)19-15(20)12-5-7-13(18)8-6-12/h5-8,14H,9-11H2,1-4H3,(H,19,20). The summed E-state index contributed by atoms with van der Waals surface area (Å²) in [6, 6.07) is 7.80. The Kier molecular flexibility index (Phi) is 4.29. The van der Waals surface area contributed by atoms with Gasteiger partial charge in [-0.1, -0.05) is 43.6 Å². The van der Waals surface area contributed by atoms with Crippen LogP contribution in [0.3, 0.4) is 0 Å². The lowest BCUT2D eigenvalue weighted by Gasteiger charge is -2.45. The van der Waals surface area contributed by atoms with E-state index in [1.54, 1.807) is 0 Å². The number of amides is 1. The van der Waals surface area contributed by atoms with Gasteiger partial charge in [-0.15, -0.1) is 0 Å². The lowest BCUT2D eigenvalue weighted by molar-refractivity contribution is 0.0713. The third kappa shape index (κ3) is 4.08. The van der Waals surface area contributed by atoms with Gasteiger partial charge in [0.25, 0.3) is 5.91 Å². The zero-order valence-electron chi connectivity index (χ0n) is 12.8. The van der Waals surface area contributed by atoms with Crippen LogP contribution in [0.2, 0.25) is 0 Å². The highest BCUT2D eigenvalue weighted by molar-refractivity contribution is 9.10. The lowest BCUT2D eigenvalue weighted by Crippen LogP contribution is -2.46. The van der Waals surface area contributed by atoms with E-state index in [-0.39, 0.29) is 11.9 Å². The molecule has 2 rings (SSSR count). The van der Waals surface area contributed by atoms with E-state index in [1.165, 1.54) is 6.42 Å². The van der Waals surface area contributed by atoms with E-state index in [9.17, 15) is 4.79 Å². The Morgan fingerprint density at radius 3 is 2.10 bits per heavy atom. The zero-order chi connectivity index (χ0) is 15.0. The number of benzene rings is 1. The second kappa shape index (κ2) is 5.51. The summed E-state index contributed by atoms with van der Waals surface area (Å²) in [5.41, 5.74) is 1.31. The van der Waals surface area contributed by atoms with Crippen molar-refractivity contribution in [3.8, 4) is 0 Å². The van der Waals surface area contributed by atoms with Crippen LogP contribution >= 0.6 is 15.9 Å². The molecule has 2 nitrogen and oxygen atoms in total. The van der Waals surface area contributed by atoms with Gasteiger partial charge in [0.1, 0.15) is 0 Å². The fraction of sp³-hybridized carbons (Fsp3) is 0.588. The number of halogens is 1. The van der Waals surface area contributed by atoms with Gasteiger partial charge < -0.3 is 5.32 Å². The topological polar surface area (TPSA) is 29.1 Å². The zero-order valence-corrected chi connectivity index (χ0v) is 14.4. The molecule has 0 aliphatic heterocycles. The van der Waals surface area contributed by atoms with Gasteiger partial charge in [0.05, 0.1) is 0 Å². The number of hydrogen-bond acceptors (Lipinski definition) is 1. The van der Waals surface area contributed by atoms with Crippen molar-refractivity contribution < 1.29 is 4.79 Å². The van der Waals surface area contributed by atoms with E-state index in [0.717, 1.165) is 22.9 Å². The van der Waals surface area contributed by atoms with E-state index in [4.69, 9.17) is 0 Å². The number of carbonyl (C=O) groups is 1. The molecule has 1 aliphatic carbocycles. The molecule has 0 aromatic heterocycles. The number of rotatable bonds is 2. The Balaban J connectivity index is 2.05. The predicted octanol–water partition coefficient (Wildman–Crippen LogP) is 4.78. The Labute approximate surface area is 130 Å². The van der Waals surface area contributed by atoms with Crippen molar-refractivity contribution in [2.24, 2.45) is 10.8 Å². The maximum absolute atomic E-state index is 12.3. The first-order valence-electron chi connectivity index (χ1n) is 7.23. The van der Waals surface area contributed by atoms with E-state index >= 15 is 0 Å². The summed E-state index contributed by atoms with van der Waals surface area (Å²) in [4.78, 5) is 12.3. The van der Waals surface area contributed by atoms with Gasteiger partial charge in [0.2, 0.25) is 0 Å². The van der Waals surface area contributed by atoms with Gasteiger partial charge in [-0.3, -0.25) is 4.79 Å². The molecule has 0 unspecified atom stereocenters. The summed E-state index contributed by atoms with van der Waals surface area (Å²) in [5.74, 6) is 0.0380. The van der Waals surface area contributed by atoms with E-state index in [2.05, 4.69) is 48.9 Å². The molecule has 0 bridgehead atoms. The number of carbonyl (C=O) groups excluding carboxylic acids is 1. The molecule has 0 heterocycles. The molecule has 0 radical (unpaired) electrons. The molecule has 20 heavy (non-hydrogen) atoms. The Morgan fingerprint density at radius 2 is 1.60 bits per heavy atom. The molecule has 1 fully saturated rings. The van der Waals surface area contributed by atoms with Crippen LogP contribution in [0.5, 0.6) is 0 Å². The van der Waals surface area contributed by atoms with Crippen molar-refractivity contribution in [2.75, 3.05) is 0 Å². The van der Waals surface area contributed by atoms with Crippen LogP contribution in [0.4, 0.5) is 0 Å². The summed E-state index contributed by atoms with van der Waals surface area (Å²) in [6.45, 7) is 9.19. The summed E-state index contributed by atoms with van der Waals surface area (Å²) in [6.07, 6.45) is 3.32. The largest absolute Gasteiger partial charge is 0.349 e. The Bertz CT molecular complexity index is 474. The Hall–Kier alpha value is -0.830. The molecular formula is C17H24BrNO. The van der Waals surface area contributed by atoms with Crippen LogP contribution in [0.15, 0.2) is 28.7 Å². The van der Waals surface area contributed by atoms with Gasteiger partial charge in [0.15, 0.2) is 0 Å². The highest BCUT2D eigenvalue weighted by Gasteiger charge is 2.38. The highest BCUT2D eigenvalue weighted by atomic mass is 79.9. The van der Waals surface area contributed by atoms with Crippen molar-refractivity contribution in [1.82, 2.24) is 5.32 Å². The molecule has 110 valence electrons. The van der Waals surface area contributed by atoms with Crippen LogP contribution in [0.25, 0.3) is 0 Å². The fourth-order valence-corrected chi connectivity index (χ4v) is 4.08. The predicted molar refractivity (Wildman–Crippen MR) is 86.8 cm³/mol. The van der Waals surface area contributed by atoms with Crippen molar-refractivity contribution in [3.63, 3.8) is 0 Å². The SMILES string of the molecule is CC1(C)CC(NC(=O)c2ccc(Br)cc2)CC(C)(C)C1. The average Bonchev–Trinajstić information content (AvgIpc) is 2.25. The number of nitrogens with one attached hydrogen (secondary N) is 1. The molecule has 0 atom stereocenters. The van der Waals surface area contributed by atoms with Crippen LogP contribution < -0.4 is 5.32 Å². The van der Waals surface area contributed by atoms with E-state index in [1.807, 2.05) is 24.3 Å². The maximum atomic E-state index is 12.3.